The average molecular weight is 381 g/mol. The number of sulfonamides is 1. The molecule has 1 rings (SSSR count). The Kier molecular flexibility index (Phi) is 6.87. The second-order valence-electron chi connectivity index (χ2n) is 4.75. The number of hydrogen-bond acceptors (Lipinski definition) is 4. The second kappa shape index (κ2) is 7.70. The van der Waals surface area contributed by atoms with Gasteiger partial charge in [0.1, 0.15) is 4.90 Å². The van der Waals surface area contributed by atoms with Crippen molar-refractivity contribution in [2.45, 2.75) is 31.7 Å². The van der Waals surface area contributed by atoms with Crippen LogP contribution in [-0.4, -0.2) is 32.9 Å². The quantitative estimate of drug-likeness (QED) is 0.556. The van der Waals surface area contributed by atoms with E-state index in [1.54, 1.807) is 13.1 Å². The molecule has 0 fully saturated rings. The number of thiophene rings is 1. The Balaban J connectivity index is 2.92. The van der Waals surface area contributed by atoms with Gasteiger partial charge in [0.2, 0.25) is 10.0 Å². The van der Waals surface area contributed by atoms with Crippen molar-refractivity contribution in [1.29, 1.82) is 0 Å². The molecule has 0 bridgehead atoms. The van der Waals surface area contributed by atoms with E-state index in [1.807, 2.05) is 6.92 Å². The monoisotopic (exact) mass is 380 g/mol. The van der Waals surface area contributed by atoms with E-state index in [0.29, 0.717) is 21.8 Å². The fourth-order valence-electron chi connectivity index (χ4n) is 1.68. The van der Waals surface area contributed by atoms with Crippen LogP contribution >= 0.6 is 27.3 Å². The lowest BCUT2D eigenvalue weighted by atomic mass is 10.4. The van der Waals surface area contributed by atoms with Crippen molar-refractivity contribution in [3.8, 4) is 0 Å². The van der Waals surface area contributed by atoms with Gasteiger partial charge in [-0.15, -0.1) is 11.3 Å². The van der Waals surface area contributed by atoms with Crippen molar-refractivity contribution in [1.82, 2.24) is 9.62 Å². The summed E-state index contributed by atoms with van der Waals surface area (Å²) in [6, 6.07) is 1.74. The maximum absolute atomic E-state index is 12.5. The molecule has 0 aliphatic heterocycles. The Hall–Kier alpha value is -0.210. The number of nitrogens with zero attached hydrogens (tertiary/aromatic N) is 1. The van der Waals surface area contributed by atoms with E-state index in [1.165, 1.54) is 15.6 Å². The minimum Gasteiger partial charge on any atom is -0.312 e. The van der Waals surface area contributed by atoms with Crippen LogP contribution in [0.1, 0.15) is 25.1 Å². The van der Waals surface area contributed by atoms with Crippen LogP contribution in [-0.2, 0) is 16.6 Å². The molecule has 114 valence electrons. The first kappa shape index (κ1) is 17.8. The van der Waals surface area contributed by atoms with Crippen molar-refractivity contribution in [3.63, 3.8) is 0 Å². The molecular weight excluding hydrogens is 360 g/mol. The number of likely N-dealkylation sites (N-methyl/N-ethyl adjacent to an activating group) is 1. The molecule has 0 aliphatic rings. The molecule has 1 heterocycles. The van der Waals surface area contributed by atoms with Gasteiger partial charge in [-0.05, 0) is 41.9 Å². The molecule has 0 saturated heterocycles. The van der Waals surface area contributed by atoms with Crippen LogP contribution in [0.3, 0.4) is 0 Å². The lowest BCUT2D eigenvalue weighted by Crippen LogP contribution is -2.28. The molecule has 0 unspecified atom stereocenters. The van der Waals surface area contributed by atoms with Crippen molar-refractivity contribution in [3.05, 3.63) is 26.9 Å². The Morgan fingerprint density at radius 2 is 2.20 bits per heavy atom. The first-order valence-corrected chi connectivity index (χ1v) is 9.43. The molecule has 0 aliphatic carbocycles. The van der Waals surface area contributed by atoms with Crippen molar-refractivity contribution in [2.75, 3.05) is 20.1 Å². The summed E-state index contributed by atoms with van der Waals surface area (Å²) in [6.45, 7) is 9.61. The van der Waals surface area contributed by atoms with E-state index in [9.17, 15) is 8.42 Å². The van der Waals surface area contributed by atoms with E-state index >= 15 is 0 Å². The Morgan fingerprint density at radius 1 is 1.55 bits per heavy atom. The highest BCUT2D eigenvalue weighted by Gasteiger charge is 2.25. The van der Waals surface area contributed by atoms with Gasteiger partial charge in [-0.1, -0.05) is 19.1 Å². The number of rotatable bonds is 8. The van der Waals surface area contributed by atoms with Gasteiger partial charge in [0.25, 0.3) is 0 Å². The maximum Gasteiger partial charge on any atom is 0.245 e. The standard InChI is InChI=1S/C13H21BrN2O2S2/c1-5-6-15-8-11-7-12(13(14)19-11)20(17,18)16(4)9-10(2)3/h7,15H,2,5-6,8-9H2,1,3-4H3. The summed E-state index contributed by atoms with van der Waals surface area (Å²) < 4.78 is 26.9. The SMILES string of the molecule is C=C(C)CN(C)S(=O)(=O)c1cc(CNCCC)sc1Br. The summed E-state index contributed by atoms with van der Waals surface area (Å²) >= 11 is 4.81. The first-order valence-electron chi connectivity index (χ1n) is 6.38. The summed E-state index contributed by atoms with van der Waals surface area (Å²) in [7, 11) is -1.89. The van der Waals surface area contributed by atoms with Gasteiger partial charge in [0.05, 0.1) is 3.79 Å². The Labute approximate surface area is 134 Å². The van der Waals surface area contributed by atoms with Gasteiger partial charge in [0, 0.05) is 25.0 Å². The highest BCUT2D eigenvalue weighted by Crippen LogP contribution is 2.33. The zero-order valence-corrected chi connectivity index (χ0v) is 15.3. The smallest absolute Gasteiger partial charge is 0.245 e. The molecule has 4 nitrogen and oxygen atoms in total. The second-order valence-corrected chi connectivity index (χ2v) is 9.21. The van der Waals surface area contributed by atoms with Gasteiger partial charge in [-0.2, -0.15) is 4.31 Å². The lowest BCUT2D eigenvalue weighted by Gasteiger charge is -2.16. The number of hydrogen-bond donors (Lipinski definition) is 1. The molecule has 0 saturated carbocycles. The third-order valence-corrected chi connectivity index (χ3v) is 6.67. The Bertz CT molecular complexity index is 567. The highest BCUT2D eigenvalue weighted by atomic mass is 79.9. The summed E-state index contributed by atoms with van der Waals surface area (Å²) in [5, 5.41) is 3.27. The zero-order chi connectivity index (χ0) is 15.3. The van der Waals surface area contributed by atoms with E-state index in [2.05, 4.69) is 34.7 Å². The van der Waals surface area contributed by atoms with Gasteiger partial charge in [0.15, 0.2) is 0 Å². The van der Waals surface area contributed by atoms with Gasteiger partial charge >= 0.3 is 0 Å². The summed E-state index contributed by atoms with van der Waals surface area (Å²) in [4.78, 5) is 1.34. The van der Waals surface area contributed by atoms with Crippen LogP contribution in [0.2, 0.25) is 0 Å². The molecule has 0 aromatic carbocycles. The zero-order valence-electron chi connectivity index (χ0n) is 12.1. The largest absolute Gasteiger partial charge is 0.312 e. The maximum atomic E-state index is 12.5. The normalized spacial score (nSPS) is 12.1. The lowest BCUT2D eigenvalue weighted by molar-refractivity contribution is 0.493. The minimum absolute atomic E-state index is 0.327. The van der Waals surface area contributed by atoms with Crippen LogP contribution in [0, 0.1) is 0 Å². The number of halogens is 1. The molecule has 20 heavy (non-hydrogen) atoms. The van der Waals surface area contributed by atoms with Crippen LogP contribution in [0.4, 0.5) is 0 Å². The topological polar surface area (TPSA) is 49.4 Å². The fraction of sp³-hybridized carbons (Fsp3) is 0.538. The van der Waals surface area contributed by atoms with Crippen LogP contribution in [0.25, 0.3) is 0 Å². The van der Waals surface area contributed by atoms with E-state index in [4.69, 9.17) is 0 Å². The van der Waals surface area contributed by atoms with Crippen molar-refractivity contribution in [2.24, 2.45) is 0 Å². The predicted molar refractivity (Wildman–Crippen MR) is 88.6 cm³/mol. The van der Waals surface area contributed by atoms with Gasteiger partial charge < -0.3 is 5.32 Å². The minimum atomic E-state index is -3.47. The third-order valence-electron chi connectivity index (χ3n) is 2.61. The molecule has 1 N–H and O–H groups in total. The Morgan fingerprint density at radius 3 is 2.75 bits per heavy atom. The fourth-order valence-corrected chi connectivity index (χ4v) is 5.51. The van der Waals surface area contributed by atoms with Crippen LogP contribution in [0.15, 0.2) is 26.9 Å². The van der Waals surface area contributed by atoms with E-state index in [0.717, 1.165) is 23.4 Å². The van der Waals surface area contributed by atoms with Crippen molar-refractivity contribution < 1.29 is 8.42 Å². The van der Waals surface area contributed by atoms with Crippen LogP contribution < -0.4 is 5.32 Å². The van der Waals surface area contributed by atoms with Gasteiger partial charge in [-0.3, -0.25) is 0 Å². The van der Waals surface area contributed by atoms with E-state index in [-0.39, 0.29) is 0 Å². The molecule has 0 amide bonds. The molecule has 7 heteroatoms. The molecule has 0 spiro atoms. The predicted octanol–water partition coefficient (Wildman–Crippen LogP) is 3.21. The molecular formula is C13H21BrN2O2S2. The molecule has 0 radical (unpaired) electrons. The van der Waals surface area contributed by atoms with Gasteiger partial charge in [-0.25, -0.2) is 8.42 Å². The van der Waals surface area contributed by atoms with Crippen LogP contribution in [0.5, 0.6) is 0 Å². The summed E-state index contributed by atoms with van der Waals surface area (Å²) in [5.41, 5.74) is 0.812. The van der Waals surface area contributed by atoms with E-state index < -0.39 is 10.0 Å². The average Bonchev–Trinajstić information content (AvgIpc) is 2.70. The molecule has 0 atom stereocenters. The first-order chi connectivity index (χ1) is 9.28. The number of nitrogens with one attached hydrogen (secondary N) is 1. The molecule has 1 aromatic rings. The summed E-state index contributed by atoms with van der Waals surface area (Å²) in [6.07, 6.45) is 1.05. The third kappa shape index (κ3) is 4.66. The van der Waals surface area contributed by atoms with Crippen molar-refractivity contribution >= 4 is 37.3 Å². The highest BCUT2D eigenvalue weighted by molar-refractivity contribution is 9.11. The molecule has 1 aromatic heterocycles. The summed E-state index contributed by atoms with van der Waals surface area (Å²) in [5.74, 6) is 0.